The van der Waals surface area contributed by atoms with Gasteiger partial charge in [-0.05, 0) is 38.1 Å². The van der Waals surface area contributed by atoms with Gasteiger partial charge in [0.2, 0.25) is 5.91 Å². The Morgan fingerprint density at radius 3 is 2.47 bits per heavy atom. The third-order valence-electron chi connectivity index (χ3n) is 4.43. The Kier molecular flexibility index (Phi) is 6.46. The molecule has 3 aromatic rings. The van der Waals surface area contributed by atoms with E-state index in [1.807, 2.05) is 19.9 Å². The Balaban J connectivity index is 1.56. The van der Waals surface area contributed by atoms with Gasteiger partial charge in [0.15, 0.2) is 15.7 Å². The molecule has 2 heterocycles. The zero-order chi connectivity index (χ0) is 21.7. The van der Waals surface area contributed by atoms with E-state index in [1.54, 1.807) is 28.9 Å². The maximum Gasteiger partial charge on any atom is 0.266 e. The van der Waals surface area contributed by atoms with E-state index in [2.05, 4.69) is 15.5 Å². The third-order valence-corrected chi connectivity index (χ3v) is 6.16. The number of benzene rings is 1. The number of hydrogen-bond donors (Lipinski definition) is 1. The molecule has 1 N–H and O–H groups in total. The van der Waals surface area contributed by atoms with Crippen molar-refractivity contribution < 1.29 is 13.2 Å². The van der Waals surface area contributed by atoms with E-state index in [-0.39, 0.29) is 35.7 Å². The first-order chi connectivity index (χ1) is 14.3. The van der Waals surface area contributed by atoms with E-state index in [4.69, 9.17) is 0 Å². The summed E-state index contributed by atoms with van der Waals surface area (Å²) in [5.41, 5.74) is 1.42. The second-order valence-corrected chi connectivity index (χ2v) is 8.93. The molecule has 0 radical (unpaired) electrons. The van der Waals surface area contributed by atoms with Gasteiger partial charge in [-0.1, -0.05) is 18.2 Å². The number of rotatable bonds is 8. The van der Waals surface area contributed by atoms with E-state index >= 15 is 0 Å². The second kappa shape index (κ2) is 9.04. The minimum absolute atomic E-state index is 0.150. The molecule has 0 spiro atoms. The van der Waals surface area contributed by atoms with E-state index < -0.39 is 15.7 Å². The first-order valence-corrected chi connectivity index (χ1v) is 11.1. The molecule has 0 saturated carbocycles. The van der Waals surface area contributed by atoms with Crippen molar-refractivity contribution in [2.24, 2.45) is 0 Å². The van der Waals surface area contributed by atoms with Gasteiger partial charge in [0.25, 0.3) is 5.56 Å². The van der Waals surface area contributed by atoms with Crippen LogP contribution in [0.4, 0.5) is 0 Å². The molecule has 0 aliphatic heterocycles. The van der Waals surface area contributed by atoms with Crippen molar-refractivity contribution in [2.75, 3.05) is 12.3 Å². The molecule has 1 aromatic carbocycles. The lowest BCUT2D eigenvalue weighted by Crippen LogP contribution is -2.33. The first kappa shape index (κ1) is 21.4. The smallest absolute Gasteiger partial charge is 0.266 e. The molecule has 10 heteroatoms. The van der Waals surface area contributed by atoms with Crippen molar-refractivity contribution in [3.05, 3.63) is 70.3 Å². The largest absolute Gasteiger partial charge is 0.354 e. The molecule has 2 aromatic heterocycles. The zero-order valence-electron chi connectivity index (χ0n) is 16.8. The summed E-state index contributed by atoms with van der Waals surface area (Å²) in [4.78, 5) is 24.3. The fourth-order valence-electron chi connectivity index (χ4n) is 2.93. The van der Waals surface area contributed by atoms with Crippen molar-refractivity contribution in [1.82, 2.24) is 24.9 Å². The average Bonchev–Trinajstić information content (AvgIpc) is 3.06. The van der Waals surface area contributed by atoms with Crippen LogP contribution in [0.25, 0.3) is 5.82 Å². The summed E-state index contributed by atoms with van der Waals surface area (Å²) >= 11 is 0. The predicted octanol–water partition coefficient (Wildman–Crippen LogP) is 1.03. The number of hydrogen-bond acceptors (Lipinski definition) is 6. The number of amides is 1. The van der Waals surface area contributed by atoms with Crippen molar-refractivity contribution in [3.8, 4) is 5.82 Å². The van der Waals surface area contributed by atoms with E-state index in [0.29, 0.717) is 5.82 Å². The van der Waals surface area contributed by atoms with Crippen LogP contribution in [-0.4, -0.2) is 46.2 Å². The lowest BCUT2D eigenvalue weighted by Gasteiger charge is -2.09. The van der Waals surface area contributed by atoms with Crippen molar-refractivity contribution in [3.63, 3.8) is 0 Å². The van der Waals surface area contributed by atoms with Crippen LogP contribution in [0.5, 0.6) is 0 Å². The van der Waals surface area contributed by atoms with Crippen molar-refractivity contribution >= 4 is 15.7 Å². The van der Waals surface area contributed by atoms with Crippen LogP contribution >= 0.6 is 0 Å². The quantitative estimate of drug-likeness (QED) is 0.572. The van der Waals surface area contributed by atoms with Gasteiger partial charge < -0.3 is 5.32 Å². The highest BCUT2D eigenvalue weighted by atomic mass is 32.2. The lowest BCUT2D eigenvalue weighted by atomic mass is 10.4. The first-order valence-electron chi connectivity index (χ1n) is 9.42. The van der Waals surface area contributed by atoms with Gasteiger partial charge in [-0.15, -0.1) is 5.10 Å². The topological polar surface area (TPSA) is 116 Å². The summed E-state index contributed by atoms with van der Waals surface area (Å²) in [6.45, 7) is 4.06. The summed E-state index contributed by atoms with van der Waals surface area (Å²) < 4.78 is 27.3. The Hall–Kier alpha value is -3.27. The number of carbonyl (C=O) groups is 1. The van der Waals surface area contributed by atoms with Crippen LogP contribution in [0.3, 0.4) is 0 Å². The van der Waals surface area contributed by atoms with E-state index in [0.717, 1.165) is 11.4 Å². The number of aryl methyl sites for hydroxylation is 2. The molecular weight excluding hydrogens is 406 g/mol. The molecule has 0 fully saturated rings. The van der Waals surface area contributed by atoms with Crippen molar-refractivity contribution in [1.29, 1.82) is 0 Å². The van der Waals surface area contributed by atoms with Crippen molar-refractivity contribution in [2.45, 2.75) is 31.7 Å². The predicted molar refractivity (Wildman–Crippen MR) is 111 cm³/mol. The van der Waals surface area contributed by atoms with Gasteiger partial charge in [0.05, 0.1) is 22.9 Å². The highest BCUT2D eigenvalue weighted by molar-refractivity contribution is 7.91. The number of carbonyl (C=O) groups excluding carboxylic acids is 1. The zero-order valence-corrected chi connectivity index (χ0v) is 17.6. The van der Waals surface area contributed by atoms with Gasteiger partial charge in [0, 0.05) is 24.7 Å². The molecule has 9 nitrogen and oxygen atoms in total. The molecule has 1 amide bonds. The SMILES string of the molecule is Cc1cc(C)n(-c2ccc(=O)n(CCNC(=O)CCS(=O)(=O)c3ccccc3)n2)n1. The maximum atomic E-state index is 12.2. The third kappa shape index (κ3) is 5.20. The van der Waals surface area contributed by atoms with E-state index in [1.165, 1.54) is 22.9 Å². The summed E-state index contributed by atoms with van der Waals surface area (Å²) in [7, 11) is -3.52. The van der Waals surface area contributed by atoms with Crippen LogP contribution in [0.2, 0.25) is 0 Å². The van der Waals surface area contributed by atoms with Gasteiger partial charge in [0.1, 0.15) is 0 Å². The molecule has 0 aliphatic rings. The molecule has 0 aliphatic carbocycles. The molecule has 158 valence electrons. The van der Waals surface area contributed by atoms with Crippen LogP contribution in [0.15, 0.2) is 58.2 Å². The van der Waals surface area contributed by atoms with Gasteiger partial charge in [-0.25, -0.2) is 17.8 Å². The van der Waals surface area contributed by atoms with Crippen LogP contribution in [0, 0.1) is 13.8 Å². The van der Waals surface area contributed by atoms with Gasteiger partial charge in [-0.2, -0.15) is 5.10 Å². The van der Waals surface area contributed by atoms with Gasteiger partial charge >= 0.3 is 0 Å². The normalized spacial score (nSPS) is 11.4. The number of aromatic nitrogens is 4. The van der Waals surface area contributed by atoms with Crippen LogP contribution in [-0.2, 0) is 21.2 Å². The molecule has 0 atom stereocenters. The molecule has 3 rings (SSSR count). The summed E-state index contributed by atoms with van der Waals surface area (Å²) in [6.07, 6.45) is -0.161. The summed E-state index contributed by atoms with van der Waals surface area (Å²) in [5, 5.41) is 11.3. The number of nitrogens with one attached hydrogen (secondary N) is 1. The maximum absolute atomic E-state index is 12.2. The lowest BCUT2D eigenvalue weighted by molar-refractivity contribution is -0.120. The average molecular weight is 430 g/mol. The summed E-state index contributed by atoms with van der Waals surface area (Å²) in [5.74, 6) is -0.188. The Bertz CT molecular complexity index is 1200. The fourth-order valence-corrected chi connectivity index (χ4v) is 4.20. The number of nitrogens with zero attached hydrogens (tertiary/aromatic N) is 4. The molecule has 30 heavy (non-hydrogen) atoms. The monoisotopic (exact) mass is 429 g/mol. The van der Waals surface area contributed by atoms with Gasteiger partial charge in [-0.3, -0.25) is 9.59 Å². The summed E-state index contributed by atoms with van der Waals surface area (Å²) in [6, 6.07) is 12.9. The molecule has 0 bridgehead atoms. The molecule has 0 saturated heterocycles. The molecule has 0 unspecified atom stereocenters. The standard InChI is InChI=1S/C20H23N5O4S/c1-15-14-16(2)25(22-15)18-8-9-20(27)24(23-18)12-11-21-19(26)10-13-30(28,29)17-6-4-3-5-7-17/h3-9,14H,10-13H2,1-2H3,(H,21,26). The number of sulfone groups is 1. The molecular formula is C20H23N5O4S. The van der Waals surface area contributed by atoms with Crippen LogP contribution in [0.1, 0.15) is 17.8 Å². The van der Waals surface area contributed by atoms with E-state index in [9.17, 15) is 18.0 Å². The Morgan fingerprint density at radius 1 is 1.07 bits per heavy atom. The second-order valence-electron chi connectivity index (χ2n) is 6.82. The minimum atomic E-state index is -3.52. The Labute approximate surface area is 174 Å². The highest BCUT2D eigenvalue weighted by Gasteiger charge is 2.16. The Morgan fingerprint density at radius 2 is 1.80 bits per heavy atom. The highest BCUT2D eigenvalue weighted by Crippen LogP contribution is 2.11. The van der Waals surface area contributed by atoms with Crippen LogP contribution < -0.4 is 10.9 Å². The fraction of sp³-hybridized carbons (Fsp3) is 0.300. The minimum Gasteiger partial charge on any atom is -0.354 e.